The molecule has 0 rings (SSSR count). The molecule has 0 aliphatic rings. The molecule has 0 heterocycles. The molecule has 0 spiro atoms. The van der Waals surface area contributed by atoms with Gasteiger partial charge in [-0.25, -0.2) is 16.8 Å². The van der Waals surface area contributed by atoms with Gasteiger partial charge in [-0.1, -0.05) is 20.8 Å². The van der Waals surface area contributed by atoms with Gasteiger partial charge in [0.2, 0.25) is 0 Å². The fourth-order valence-corrected chi connectivity index (χ4v) is 5.60. The lowest BCUT2D eigenvalue weighted by atomic mass is 10.4. The summed E-state index contributed by atoms with van der Waals surface area (Å²) in [6, 6.07) is 0. The molecule has 0 bridgehead atoms. The van der Waals surface area contributed by atoms with Crippen LogP contribution in [0.2, 0.25) is 0 Å². The number of rotatable bonds is 5. The minimum absolute atomic E-state index is 0. The molecule has 0 amide bonds. The first-order chi connectivity index (χ1) is 6.18. The van der Waals surface area contributed by atoms with E-state index in [2.05, 4.69) is 0 Å². The molecule has 7 heteroatoms. The zero-order valence-corrected chi connectivity index (χ0v) is 11.9. The van der Waals surface area contributed by atoms with Crippen molar-refractivity contribution in [3.63, 3.8) is 0 Å². The molecule has 0 atom stereocenters. The monoisotopic (exact) mass is 278 g/mol. The fourth-order valence-electron chi connectivity index (χ4n) is 1.24. The van der Waals surface area contributed by atoms with Crippen molar-refractivity contribution < 1.29 is 16.8 Å². The van der Waals surface area contributed by atoms with Crippen molar-refractivity contribution in [3.05, 3.63) is 0 Å². The van der Waals surface area contributed by atoms with Crippen LogP contribution in [0.25, 0.3) is 0 Å². The zero-order valence-electron chi connectivity index (χ0n) is 9.48. The topological polar surface area (TPSA) is 68.3 Å². The maximum atomic E-state index is 11.7. The lowest BCUT2D eigenvalue weighted by Gasteiger charge is -2.26. The average molecular weight is 279 g/mol. The van der Waals surface area contributed by atoms with E-state index in [0.29, 0.717) is 0 Å². The Morgan fingerprint density at radius 3 is 1.27 bits per heavy atom. The second-order valence-electron chi connectivity index (χ2n) is 3.29. The van der Waals surface area contributed by atoms with E-state index in [-0.39, 0.29) is 30.3 Å². The van der Waals surface area contributed by atoms with Crippen molar-refractivity contribution in [2.45, 2.75) is 38.2 Å². The summed E-state index contributed by atoms with van der Waals surface area (Å²) >= 11 is 0. The second kappa shape index (κ2) is 5.50. The minimum Gasteiger partial charge on any atom is -0.227 e. The normalized spacial score (nSPS) is 13.3. The molecule has 0 N–H and O–H groups in total. The summed E-state index contributed by atoms with van der Waals surface area (Å²) in [5, 5.41) is 0. The molecule has 0 aliphatic heterocycles. The Balaban J connectivity index is 0. The minimum atomic E-state index is -3.57. The SMILES string of the molecule is CCC(C)(S(=O)(=O)CC)S(=O)(=O)CC.Cl. The quantitative estimate of drug-likeness (QED) is 0.762. The van der Waals surface area contributed by atoms with Crippen LogP contribution in [-0.2, 0) is 19.7 Å². The van der Waals surface area contributed by atoms with Crippen LogP contribution >= 0.6 is 12.4 Å². The molecular weight excluding hydrogens is 260 g/mol. The first-order valence-corrected chi connectivity index (χ1v) is 7.93. The van der Waals surface area contributed by atoms with Crippen LogP contribution in [0.3, 0.4) is 0 Å². The zero-order chi connectivity index (χ0) is 11.6. The maximum Gasteiger partial charge on any atom is 0.170 e. The van der Waals surface area contributed by atoms with E-state index in [0.717, 1.165) is 0 Å². The van der Waals surface area contributed by atoms with Crippen LogP contribution in [0.5, 0.6) is 0 Å². The Kier molecular flexibility index (Phi) is 6.44. The highest BCUT2D eigenvalue weighted by molar-refractivity contribution is 8.10. The standard InChI is InChI=1S/C8H18O4S2.ClH/c1-5-8(4,13(9,10)6-2)14(11,12)7-3;/h5-7H2,1-4H3;1H. The molecule has 4 nitrogen and oxygen atoms in total. The van der Waals surface area contributed by atoms with Gasteiger partial charge in [0.05, 0.1) is 0 Å². The van der Waals surface area contributed by atoms with E-state index in [4.69, 9.17) is 0 Å². The molecule has 15 heavy (non-hydrogen) atoms. The third-order valence-corrected chi connectivity index (χ3v) is 8.97. The number of hydrogen-bond acceptors (Lipinski definition) is 4. The number of hydrogen-bond donors (Lipinski definition) is 0. The molecule has 0 aliphatic carbocycles. The first kappa shape index (κ1) is 17.6. The third kappa shape index (κ3) is 2.85. The first-order valence-electron chi connectivity index (χ1n) is 4.63. The van der Waals surface area contributed by atoms with Gasteiger partial charge >= 0.3 is 0 Å². The molecule has 0 aromatic carbocycles. The Labute approximate surface area is 98.7 Å². The molecule has 94 valence electrons. The number of halogens is 1. The van der Waals surface area contributed by atoms with Gasteiger partial charge in [0, 0.05) is 11.5 Å². The fraction of sp³-hybridized carbons (Fsp3) is 1.00. The van der Waals surface area contributed by atoms with Gasteiger partial charge < -0.3 is 0 Å². The Morgan fingerprint density at radius 1 is 0.867 bits per heavy atom. The summed E-state index contributed by atoms with van der Waals surface area (Å²) in [5.41, 5.74) is 0. The molecule has 0 radical (unpaired) electrons. The van der Waals surface area contributed by atoms with Crippen LogP contribution in [0.1, 0.15) is 34.1 Å². The summed E-state index contributed by atoms with van der Waals surface area (Å²) < 4.78 is 45.1. The number of sulfone groups is 2. The van der Waals surface area contributed by atoms with Gasteiger partial charge in [0.25, 0.3) is 0 Å². The molecule has 0 fully saturated rings. The smallest absolute Gasteiger partial charge is 0.170 e. The van der Waals surface area contributed by atoms with Gasteiger partial charge in [0.15, 0.2) is 23.8 Å². The summed E-state index contributed by atoms with van der Waals surface area (Å²) in [6.07, 6.45) is 0.0966. The van der Waals surface area contributed by atoms with E-state index < -0.39 is 23.8 Å². The summed E-state index contributed by atoms with van der Waals surface area (Å²) in [7, 11) is -7.14. The third-order valence-electron chi connectivity index (χ3n) is 2.72. The molecule has 0 aromatic heterocycles. The van der Waals surface area contributed by atoms with Gasteiger partial charge in [0.1, 0.15) is 0 Å². The van der Waals surface area contributed by atoms with Crippen LogP contribution in [0.15, 0.2) is 0 Å². The van der Waals surface area contributed by atoms with Gasteiger partial charge in [-0.15, -0.1) is 12.4 Å². The molecule has 0 unspecified atom stereocenters. The van der Waals surface area contributed by atoms with E-state index >= 15 is 0 Å². The van der Waals surface area contributed by atoms with E-state index in [1.807, 2.05) is 0 Å². The average Bonchev–Trinajstić information content (AvgIpc) is 2.15. The van der Waals surface area contributed by atoms with Crippen LogP contribution in [-0.4, -0.2) is 32.4 Å². The van der Waals surface area contributed by atoms with E-state index in [1.165, 1.54) is 20.8 Å². The van der Waals surface area contributed by atoms with Crippen molar-refractivity contribution in [2.75, 3.05) is 11.5 Å². The molecule has 0 saturated carbocycles. The van der Waals surface area contributed by atoms with Crippen LogP contribution < -0.4 is 0 Å². The molecular formula is C8H19ClO4S2. The van der Waals surface area contributed by atoms with Gasteiger partial charge in [-0.3, -0.25) is 0 Å². The van der Waals surface area contributed by atoms with Gasteiger partial charge in [-0.2, -0.15) is 0 Å². The van der Waals surface area contributed by atoms with Gasteiger partial charge in [-0.05, 0) is 13.3 Å². The summed E-state index contributed by atoms with van der Waals surface area (Å²) in [4.78, 5) is 0. The van der Waals surface area contributed by atoms with Crippen molar-refractivity contribution in [1.29, 1.82) is 0 Å². The Bertz CT molecular complexity index is 349. The maximum absolute atomic E-state index is 11.7. The Hall–Kier alpha value is 0.190. The van der Waals surface area contributed by atoms with Crippen LogP contribution in [0, 0.1) is 0 Å². The predicted molar refractivity (Wildman–Crippen MR) is 64.9 cm³/mol. The summed E-state index contributed by atoms with van der Waals surface area (Å²) in [5.74, 6) is -0.285. The lowest BCUT2D eigenvalue weighted by molar-refractivity contribution is 0.543. The van der Waals surface area contributed by atoms with E-state index in [9.17, 15) is 16.8 Å². The van der Waals surface area contributed by atoms with Crippen molar-refractivity contribution >= 4 is 32.1 Å². The van der Waals surface area contributed by atoms with Crippen molar-refractivity contribution in [1.82, 2.24) is 0 Å². The highest BCUT2D eigenvalue weighted by Gasteiger charge is 2.47. The Morgan fingerprint density at radius 2 is 1.13 bits per heavy atom. The second-order valence-corrected chi connectivity index (χ2v) is 8.97. The van der Waals surface area contributed by atoms with Crippen molar-refractivity contribution in [3.8, 4) is 0 Å². The van der Waals surface area contributed by atoms with Crippen LogP contribution in [0.4, 0.5) is 0 Å². The lowest BCUT2D eigenvalue weighted by Crippen LogP contribution is -2.44. The van der Waals surface area contributed by atoms with Crippen molar-refractivity contribution in [2.24, 2.45) is 0 Å². The summed E-state index contributed by atoms with van der Waals surface area (Å²) in [6.45, 7) is 5.81. The predicted octanol–water partition coefficient (Wildman–Crippen LogP) is 1.40. The molecule has 0 saturated heterocycles. The van der Waals surface area contributed by atoms with E-state index in [1.54, 1.807) is 6.92 Å². The molecule has 0 aromatic rings. The highest BCUT2D eigenvalue weighted by Crippen LogP contribution is 2.29. The largest absolute Gasteiger partial charge is 0.227 e. The highest BCUT2D eigenvalue weighted by atomic mass is 35.5.